The Morgan fingerprint density at radius 3 is 2.78 bits per heavy atom. The van der Waals surface area contributed by atoms with Crippen LogP contribution >= 0.6 is 11.8 Å². The van der Waals surface area contributed by atoms with Crippen LogP contribution in [0.5, 0.6) is 0 Å². The molecule has 0 aromatic heterocycles. The van der Waals surface area contributed by atoms with Crippen LogP contribution in [0.2, 0.25) is 0 Å². The summed E-state index contributed by atoms with van der Waals surface area (Å²) in [7, 11) is 1.76. The second kappa shape index (κ2) is 5.91. The third kappa shape index (κ3) is 3.26. The van der Waals surface area contributed by atoms with Gasteiger partial charge in [-0.1, -0.05) is 18.2 Å². The lowest BCUT2D eigenvalue weighted by Crippen LogP contribution is -2.41. The molecule has 1 aromatic rings. The summed E-state index contributed by atoms with van der Waals surface area (Å²) in [6.07, 6.45) is 0.705. The van der Waals surface area contributed by atoms with Gasteiger partial charge in [0.25, 0.3) is 0 Å². The first kappa shape index (κ1) is 13.0. The molecule has 5 heteroatoms. The van der Waals surface area contributed by atoms with E-state index in [0.717, 1.165) is 11.4 Å². The fourth-order valence-corrected chi connectivity index (χ4v) is 2.59. The Hall–Kier alpha value is -1.49. The molecule has 1 unspecified atom stereocenters. The summed E-state index contributed by atoms with van der Waals surface area (Å²) >= 11 is 1.48. The maximum Gasteiger partial charge on any atom is 0.244 e. The number of amides is 2. The van der Waals surface area contributed by atoms with Crippen molar-refractivity contribution in [3.63, 3.8) is 0 Å². The van der Waals surface area contributed by atoms with Crippen molar-refractivity contribution in [2.45, 2.75) is 17.4 Å². The second-order valence-corrected chi connectivity index (χ2v) is 5.32. The van der Waals surface area contributed by atoms with Crippen molar-refractivity contribution in [2.24, 2.45) is 0 Å². The smallest absolute Gasteiger partial charge is 0.244 e. The van der Waals surface area contributed by atoms with Gasteiger partial charge in [-0.2, -0.15) is 0 Å². The first-order valence-electron chi connectivity index (χ1n) is 5.89. The molecular weight excluding hydrogens is 248 g/mol. The van der Waals surface area contributed by atoms with Gasteiger partial charge in [-0.25, -0.2) is 0 Å². The van der Waals surface area contributed by atoms with E-state index in [-0.39, 0.29) is 17.9 Å². The van der Waals surface area contributed by atoms with Crippen molar-refractivity contribution in [1.82, 2.24) is 10.2 Å². The van der Waals surface area contributed by atoms with Crippen LogP contribution in [0, 0.1) is 0 Å². The van der Waals surface area contributed by atoms with E-state index in [0.29, 0.717) is 12.2 Å². The average Bonchev–Trinajstić information content (AvgIpc) is 2.70. The normalized spacial score (nSPS) is 19.1. The Balaban J connectivity index is 1.78. The highest BCUT2D eigenvalue weighted by Gasteiger charge is 2.29. The number of carbonyl (C=O) groups excluding carboxylic acids is 2. The van der Waals surface area contributed by atoms with Crippen LogP contribution in [-0.2, 0) is 9.59 Å². The molecule has 1 fully saturated rings. The van der Waals surface area contributed by atoms with Gasteiger partial charge in [0.1, 0.15) is 6.04 Å². The van der Waals surface area contributed by atoms with E-state index in [9.17, 15) is 9.59 Å². The number of likely N-dealkylation sites (tertiary alicyclic amines) is 1. The maximum atomic E-state index is 11.7. The van der Waals surface area contributed by atoms with E-state index in [1.807, 2.05) is 30.3 Å². The summed E-state index contributed by atoms with van der Waals surface area (Å²) in [5.74, 6) is 0.267. The standard InChI is InChI=1S/C13H16N2O2S/c1-15-8-7-11(13(15)17)14-12(16)9-18-10-5-3-2-4-6-10/h2-6,11H,7-9H2,1H3,(H,14,16). The molecular formula is C13H16N2O2S. The molecule has 96 valence electrons. The third-order valence-corrected chi connectivity index (χ3v) is 3.89. The first-order chi connectivity index (χ1) is 8.66. The van der Waals surface area contributed by atoms with E-state index in [1.54, 1.807) is 11.9 Å². The number of rotatable bonds is 4. The lowest BCUT2D eigenvalue weighted by molar-refractivity contribution is -0.131. The number of carbonyl (C=O) groups is 2. The van der Waals surface area contributed by atoms with Crippen LogP contribution in [0.15, 0.2) is 35.2 Å². The molecule has 0 aliphatic carbocycles. The highest BCUT2D eigenvalue weighted by molar-refractivity contribution is 8.00. The van der Waals surface area contributed by atoms with Gasteiger partial charge in [-0.3, -0.25) is 9.59 Å². The topological polar surface area (TPSA) is 49.4 Å². The Morgan fingerprint density at radius 2 is 2.17 bits per heavy atom. The van der Waals surface area contributed by atoms with Gasteiger partial charge >= 0.3 is 0 Å². The van der Waals surface area contributed by atoms with Crippen LogP contribution in [-0.4, -0.2) is 42.1 Å². The summed E-state index contributed by atoms with van der Waals surface area (Å²) in [6.45, 7) is 0.718. The number of thioether (sulfide) groups is 1. The van der Waals surface area contributed by atoms with Crippen LogP contribution in [0.4, 0.5) is 0 Å². The van der Waals surface area contributed by atoms with Crippen molar-refractivity contribution in [3.8, 4) is 0 Å². The minimum absolute atomic E-state index is 0.00746. The predicted molar refractivity (Wildman–Crippen MR) is 71.4 cm³/mol. The molecule has 0 spiro atoms. The zero-order valence-corrected chi connectivity index (χ0v) is 11.1. The van der Waals surface area contributed by atoms with Crippen LogP contribution in [0.3, 0.4) is 0 Å². The van der Waals surface area contributed by atoms with Crippen molar-refractivity contribution < 1.29 is 9.59 Å². The lowest BCUT2D eigenvalue weighted by Gasteiger charge is -2.12. The van der Waals surface area contributed by atoms with E-state index < -0.39 is 0 Å². The summed E-state index contributed by atoms with van der Waals surface area (Å²) in [4.78, 5) is 26.0. The molecule has 1 N–H and O–H groups in total. The van der Waals surface area contributed by atoms with Crippen LogP contribution in [0.1, 0.15) is 6.42 Å². The van der Waals surface area contributed by atoms with Crippen molar-refractivity contribution in [3.05, 3.63) is 30.3 Å². The van der Waals surface area contributed by atoms with Gasteiger partial charge in [0.2, 0.25) is 11.8 Å². The summed E-state index contributed by atoms with van der Waals surface area (Å²) in [5.41, 5.74) is 0. The Kier molecular flexibility index (Phi) is 4.25. The predicted octanol–water partition coefficient (Wildman–Crippen LogP) is 1.13. The van der Waals surface area contributed by atoms with Crippen LogP contribution in [0.25, 0.3) is 0 Å². The van der Waals surface area contributed by atoms with E-state index >= 15 is 0 Å². The molecule has 2 amide bonds. The highest BCUT2D eigenvalue weighted by atomic mass is 32.2. The maximum absolute atomic E-state index is 11.7. The molecule has 2 rings (SSSR count). The number of nitrogens with zero attached hydrogens (tertiary/aromatic N) is 1. The SMILES string of the molecule is CN1CCC(NC(=O)CSc2ccccc2)C1=O. The molecule has 0 bridgehead atoms. The quantitative estimate of drug-likeness (QED) is 0.829. The highest BCUT2D eigenvalue weighted by Crippen LogP contribution is 2.16. The van der Waals surface area contributed by atoms with Gasteiger partial charge in [0, 0.05) is 18.5 Å². The average molecular weight is 264 g/mol. The van der Waals surface area contributed by atoms with E-state index in [1.165, 1.54) is 11.8 Å². The first-order valence-corrected chi connectivity index (χ1v) is 6.87. The van der Waals surface area contributed by atoms with Gasteiger partial charge in [-0.15, -0.1) is 11.8 Å². The van der Waals surface area contributed by atoms with Crippen molar-refractivity contribution in [2.75, 3.05) is 19.3 Å². The monoisotopic (exact) mass is 264 g/mol. The molecule has 1 atom stereocenters. The van der Waals surface area contributed by atoms with Gasteiger partial charge in [0.15, 0.2) is 0 Å². The molecule has 0 saturated carbocycles. The zero-order valence-electron chi connectivity index (χ0n) is 10.3. The van der Waals surface area contributed by atoms with Crippen molar-refractivity contribution >= 4 is 23.6 Å². The Morgan fingerprint density at radius 1 is 1.44 bits per heavy atom. The van der Waals surface area contributed by atoms with Gasteiger partial charge in [-0.05, 0) is 18.6 Å². The Bertz CT molecular complexity index is 436. The zero-order chi connectivity index (χ0) is 13.0. The molecule has 1 aliphatic rings. The fraction of sp³-hybridized carbons (Fsp3) is 0.385. The fourth-order valence-electron chi connectivity index (χ4n) is 1.86. The summed E-state index contributed by atoms with van der Waals surface area (Å²) in [6, 6.07) is 9.42. The summed E-state index contributed by atoms with van der Waals surface area (Å²) < 4.78 is 0. The largest absolute Gasteiger partial charge is 0.344 e. The molecule has 1 aliphatic heterocycles. The number of hydrogen-bond donors (Lipinski definition) is 1. The van der Waals surface area contributed by atoms with E-state index in [2.05, 4.69) is 5.32 Å². The minimum Gasteiger partial charge on any atom is -0.344 e. The Labute approximate surface area is 111 Å². The molecule has 1 saturated heterocycles. The van der Waals surface area contributed by atoms with Crippen molar-refractivity contribution in [1.29, 1.82) is 0 Å². The third-order valence-electron chi connectivity index (χ3n) is 2.88. The van der Waals surface area contributed by atoms with Gasteiger partial charge < -0.3 is 10.2 Å². The molecule has 18 heavy (non-hydrogen) atoms. The minimum atomic E-state index is -0.334. The lowest BCUT2D eigenvalue weighted by atomic mass is 10.2. The van der Waals surface area contributed by atoms with Crippen LogP contribution < -0.4 is 5.32 Å². The molecule has 1 heterocycles. The number of likely N-dealkylation sites (N-methyl/N-ethyl adjacent to an activating group) is 1. The van der Waals surface area contributed by atoms with E-state index in [4.69, 9.17) is 0 Å². The molecule has 0 radical (unpaired) electrons. The number of benzene rings is 1. The second-order valence-electron chi connectivity index (χ2n) is 4.27. The summed E-state index contributed by atoms with van der Waals surface area (Å²) in [5, 5.41) is 2.78. The molecule has 4 nitrogen and oxygen atoms in total. The number of nitrogens with one attached hydrogen (secondary N) is 1. The number of hydrogen-bond acceptors (Lipinski definition) is 3. The van der Waals surface area contributed by atoms with Gasteiger partial charge in [0.05, 0.1) is 5.75 Å². The molecule has 1 aromatic carbocycles.